The lowest BCUT2D eigenvalue weighted by Crippen LogP contribution is -2.32. The molecular weight excluding hydrogens is 581 g/mol. The van der Waals surface area contributed by atoms with Gasteiger partial charge in [0, 0.05) is 15.2 Å². The molecule has 0 saturated carbocycles. The minimum atomic E-state index is -4.65. The second-order valence-electron chi connectivity index (χ2n) is 7.26. The van der Waals surface area contributed by atoms with Gasteiger partial charge in [-0.3, -0.25) is 14.4 Å². The van der Waals surface area contributed by atoms with E-state index in [-0.39, 0.29) is 15.9 Å². The summed E-state index contributed by atoms with van der Waals surface area (Å²) in [4.78, 5) is 35.8. The number of carbonyl (C=O) groups is 3. The topological polar surface area (TPSA) is 109 Å². The summed E-state index contributed by atoms with van der Waals surface area (Å²) in [6.07, 6.45) is -3.38. The van der Waals surface area contributed by atoms with Crippen LogP contribution in [-0.2, 0) is 20.6 Å². The number of amides is 3. The van der Waals surface area contributed by atoms with Crippen LogP contribution >= 0.6 is 27.5 Å². The molecule has 0 aliphatic heterocycles. The van der Waals surface area contributed by atoms with Gasteiger partial charge in [-0.05, 0) is 66.2 Å². The third-order valence-electron chi connectivity index (χ3n) is 4.48. The number of carbonyl (C=O) groups excluding carboxylic acids is 3. The molecular formula is C24H17BrClF3N4O4. The number of ether oxygens (including phenoxy) is 1. The molecule has 13 heteroatoms. The van der Waals surface area contributed by atoms with Crippen LogP contribution in [0, 0.1) is 0 Å². The number of hydrazone groups is 1. The highest BCUT2D eigenvalue weighted by atomic mass is 79.9. The van der Waals surface area contributed by atoms with Crippen LogP contribution in [-0.4, -0.2) is 30.5 Å². The van der Waals surface area contributed by atoms with Gasteiger partial charge in [-0.15, -0.1) is 0 Å². The maximum absolute atomic E-state index is 13.2. The van der Waals surface area contributed by atoms with Crippen LogP contribution in [0.25, 0.3) is 0 Å². The molecule has 0 saturated heterocycles. The van der Waals surface area contributed by atoms with Crippen molar-refractivity contribution in [1.29, 1.82) is 0 Å². The van der Waals surface area contributed by atoms with Gasteiger partial charge >= 0.3 is 18.0 Å². The first kappa shape index (κ1) is 27.7. The van der Waals surface area contributed by atoms with E-state index in [0.717, 1.165) is 12.1 Å². The van der Waals surface area contributed by atoms with E-state index in [4.69, 9.17) is 16.3 Å². The van der Waals surface area contributed by atoms with Crippen molar-refractivity contribution in [2.24, 2.45) is 5.10 Å². The summed E-state index contributed by atoms with van der Waals surface area (Å²) >= 11 is 8.80. The molecule has 3 N–H and O–H groups in total. The van der Waals surface area contributed by atoms with Crippen molar-refractivity contribution < 1.29 is 32.3 Å². The Morgan fingerprint density at radius 1 is 0.973 bits per heavy atom. The smallest absolute Gasteiger partial charge is 0.418 e. The molecule has 192 valence electrons. The molecule has 0 fully saturated rings. The van der Waals surface area contributed by atoms with E-state index in [2.05, 4.69) is 37.1 Å². The molecule has 3 aromatic rings. The molecule has 0 atom stereocenters. The summed E-state index contributed by atoms with van der Waals surface area (Å²) in [6, 6.07) is 15.7. The van der Waals surface area contributed by atoms with Crippen molar-refractivity contribution in [1.82, 2.24) is 5.43 Å². The van der Waals surface area contributed by atoms with Crippen LogP contribution in [0.2, 0.25) is 5.02 Å². The number of anilines is 2. The Labute approximate surface area is 222 Å². The van der Waals surface area contributed by atoms with Gasteiger partial charge in [-0.1, -0.05) is 33.6 Å². The molecule has 3 rings (SSSR count). The normalized spacial score (nSPS) is 11.2. The third-order valence-corrected chi connectivity index (χ3v) is 5.21. The Kier molecular flexibility index (Phi) is 9.25. The van der Waals surface area contributed by atoms with Crippen molar-refractivity contribution in [3.05, 3.63) is 87.4 Å². The number of nitrogens with zero attached hydrogens (tertiary/aromatic N) is 1. The SMILES string of the molecule is O=C(COc1ccc(/C=N\NC(=O)C(=O)Nc2cccc(Cl)c2)cc1)Nc1ccc(Br)cc1C(F)(F)F. The van der Waals surface area contributed by atoms with Crippen molar-refractivity contribution in [3.8, 4) is 5.75 Å². The van der Waals surface area contributed by atoms with Crippen molar-refractivity contribution in [3.63, 3.8) is 0 Å². The maximum atomic E-state index is 13.2. The Balaban J connectivity index is 1.48. The number of nitrogens with one attached hydrogen (secondary N) is 3. The lowest BCUT2D eigenvalue weighted by Gasteiger charge is -2.14. The Morgan fingerprint density at radius 2 is 1.70 bits per heavy atom. The predicted octanol–water partition coefficient (Wildman–Crippen LogP) is 5.23. The Bertz CT molecular complexity index is 1330. The first-order valence-corrected chi connectivity index (χ1v) is 11.5. The number of benzene rings is 3. The standard InChI is InChI=1S/C24H17BrClF3N4O4/c25-15-6-9-20(19(10-15)24(27,28)29)32-21(34)13-37-18-7-4-14(5-8-18)12-30-33-23(36)22(35)31-17-3-1-2-16(26)11-17/h1-12H,13H2,(H,31,35)(H,32,34)(H,33,36)/b30-12-. The average Bonchev–Trinajstić information content (AvgIpc) is 2.84. The van der Waals surface area contributed by atoms with E-state index in [1.807, 2.05) is 0 Å². The molecule has 0 heterocycles. The summed E-state index contributed by atoms with van der Waals surface area (Å²) < 4.78 is 45.1. The molecule has 8 nitrogen and oxygen atoms in total. The van der Waals surface area contributed by atoms with Crippen LogP contribution < -0.4 is 20.8 Å². The molecule has 0 radical (unpaired) electrons. The largest absolute Gasteiger partial charge is 0.484 e. The van der Waals surface area contributed by atoms with Gasteiger partial charge in [0.25, 0.3) is 5.91 Å². The zero-order valence-corrected chi connectivity index (χ0v) is 20.9. The molecule has 0 aliphatic carbocycles. The number of hydrogen-bond acceptors (Lipinski definition) is 5. The number of alkyl halides is 3. The fraction of sp³-hybridized carbons (Fsp3) is 0.0833. The van der Waals surface area contributed by atoms with Crippen LogP contribution in [0.1, 0.15) is 11.1 Å². The molecule has 0 unspecified atom stereocenters. The van der Waals surface area contributed by atoms with Gasteiger partial charge in [-0.25, -0.2) is 5.43 Å². The summed E-state index contributed by atoms with van der Waals surface area (Å²) in [5.41, 5.74) is 1.57. The molecule has 0 aromatic heterocycles. The Hall–Kier alpha value is -3.90. The van der Waals surface area contributed by atoms with E-state index >= 15 is 0 Å². The Morgan fingerprint density at radius 3 is 2.38 bits per heavy atom. The predicted molar refractivity (Wildman–Crippen MR) is 136 cm³/mol. The lowest BCUT2D eigenvalue weighted by atomic mass is 10.1. The number of hydrogen-bond donors (Lipinski definition) is 3. The first-order chi connectivity index (χ1) is 17.5. The molecule has 37 heavy (non-hydrogen) atoms. The minimum Gasteiger partial charge on any atom is -0.484 e. The van der Waals surface area contributed by atoms with Crippen LogP contribution in [0.3, 0.4) is 0 Å². The fourth-order valence-corrected chi connectivity index (χ4v) is 3.37. The second-order valence-corrected chi connectivity index (χ2v) is 8.61. The third kappa shape index (κ3) is 8.62. The highest BCUT2D eigenvalue weighted by Crippen LogP contribution is 2.36. The molecule has 0 spiro atoms. The average molecular weight is 598 g/mol. The van der Waals surface area contributed by atoms with Crippen LogP contribution in [0.5, 0.6) is 5.75 Å². The molecule has 3 aromatic carbocycles. The number of halogens is 5. The summed E-state index contributed by atoms with van der Waals surface area (Å²) in [5, 5.41) is 8.65. The van der Waals surface area contributed by atoms with Gasteiger partial charge < -0.3 is 15.4 Å². The van der Waals surface area contributed by atoms with Gasteiger partial charge in [0.1, 0.15) is 5.75 Å². The zero-order valence-electron chi connectivity index (χ0n) is 18.6. The summed E-state index contributed by atoms with van der Waals surface area (Å²) in [5.74, 6) is -2.45. The number of rotatable bonds is 7. The van der Waals surface area contributed by atoms with E-state index in [9.17, 15) is 27.6 Å². The van der Waals surface area contributed by atoms with Crippen LogP contribution in [0.4, 0.5) is 24.5 Å². The van der Waals surface area contributed by atoms with Gasteiger partial charge in [0.2, 0.25) is 0 Å². The molecule has 0 aliphatic rings. The second kappa shape index (κ2) is 12.4. The maximum Gasteiger partial charge on any atom is 0.418 e. The van der Waals surface area contributed by atoms with Gasteiger partial charge in [-0.2, -0.15) is 18.3 Å². The van der Waals surface area contributed by atoms with Crippen molar-refractivity contribution in [2.45, 2.75) is 6.18 Å². The first-order valence-electron chi connectivity index (χ1n) is 10.3. The van der Waals surface area contributed by atoms with E-state index in [1.54, 1.807) is 30.3 Å². The van der Waals surface area contributed by atoms with E-state index in [0.29, 0.717) is 16.3 Å². The highest BCUT2D eigenvalue weighted by Gasteiger charge is 2.34. The van der Waals surface area contributed by atoms with Crippen LogP contribution in [0.15, 0.2) is 76.3 Å². The zero-order chi connectivity index (χ0) is 27.0. The van der Waals surface area contributed by atoms with Crippen molar-refractivity contribution in [2.75, 3.05) is 17.2 Å². The quantitative estimate of drug-likeness (QED) is 0.197. The lowest BCUT2D eigenvalue weighted by molar-refractivity contribution is -0.137. The fourth-order valence-electron chi connectivity index (χ4n) is 2.82. The minimum absolute atomic E-state index is 0.220. The van der Waals surface area contributed by atoms with Gasteiger partial charge in [0.05, 0.1) is 17.5 Å². The molecule has 0 bridgehead atoms. The van der Waals surface area contributed by atoms with Gasteiger partial charge in [0.15, 0.2) is 6.61 Å². The van der Waals surface area contributed by atoms with Crippen molar-refractivity contribution >= 4 is 62.8 Å². The van der Waals surface area contributed by atoms with E-state index in [1.165, 1.54) is 30.5 Å². The highest BCUT2D eigenvalue weighted by molar-refractivity contribution is 9.10. The molecule has 3 amide bonds. The van der Waals surface area contributed by atoms with E-state index < -0.39 is 36.1 Å². The summed E-state index contributed by atoms with van der Waals surface area (Å²) in [7, 11) is 0. The summed E-state index contributed by atoms with van der Waals surface area (Å²) in [6.45, 7) is -0.529. The monoisotopic (exact) mass is 596 g/mol.